The highest BCUT2D eigenvalue weighted by atomic mass is 16.3. The van der Waals surface area contributed by atoms with Crippen molar-refractivity contribution >= 4 is 5.91 Å². The summed E-state index contributed by atoms with van der Waals surface area (Å²) in [7, 11) is 2.20. The SMILES string of the molecule is CN1CCN(CCc2ccccn2)CC12CCC(=O)N(CCO)CC2. The Morgan fingerprint density at radius 1 is 1.20 bits per heavy atom. The summed E-state index contributed by atoms with van der Waals surface area (Å²) in [5.41, 5.74) is 1.21. The number of aliphatic hydroxyl groups is 1. The first-order chi connectivity index (χ1) is 12.1. The number of carbonyl (C=O) groups is 1. The highest BCUT2D eigenvalue weighted by molar-refractivity contribution is 5.76. The van der Waals surface area contributed by atoms with Crippen molar-refractivity contribution in [1.29, 1.82) is 0 Å². The van der Waals surface area contributed by atoms with E-state index >= 15 is 0 Å². The third kappa shape index (κ3) is 4.37. The quantitative estimate of drug-likeness (QED) is 0.847. The van der Waals surface area contributed by atoms with Crippen LogP contribution in [0.5, 0.6) is 0 Å². The highest BCUT2D eigenvalue weighted by Gasteiger charge is 2.41. The van der Waals surface area contributed by atoms with Gasteiger partial charge in [0.1, 0.15) is 0 Å². The number of nitrogens with zero attached hydrogens (tertiary/aromatic N) is 4. The maximum Gasteiger partial charge on any atom is 0.222 e. The molecule has 0 aromatic carbocycles. The Morgan fingerprint density at radius 2 is 2.08 bits per heavy atom. The molecule has 6 nitrogen and oxygen atoms in total. The lowest BCUT2D eigenvalue weighted by Crippen LogP contribution is -2.61. The number of amides is 1. The van der Waals surface area contributed by atoms with Crippen LogP contribution in [0, 0.1) is 0 Å². The summed E-state index contributed by atoms with van der Waals surface area (Å²) in [6.07, 6.45) is 5.29. The summed E-state index contributed by atoms with van der Waals surface area (Å²) < 4.78 is 0. The van der Waals surface area contributed by atoms with Gasteiger partial charge >= 0.3 is 0 Å². The van der Waals surface area contributed by atoms with E-state index in [9.17, 15) is 9.90 Å². The van der Waals surface area contributed by atoms with Crippen molar-refractivity contribution in [1.82, 2.24) is 19.7 Å². The van der Waals surface area contributed by atoms with Crippen molar-refractivity contribution in [2.24, 2.45) is 0 Å². The van der Waals surface area contributed by atoms with Crippen LogP contribution in [-0.2, 0) is 11.2 Å². The molecule has 2 saturated heterocycles. The average Bonchev–Trinajstić information content (AvgIpc) is 2.79. The zero-order chi connectivity index (χ0) is 17.7. The third-order valence-electron chi connectivity index (χ3n) is 5.86. The van der Waals surface area contributed by atoms with E-state index in [-0.39, 0.29) is 18.1 Å². The maximum atomic E-state index is 12.3. The molecule has 1 aromatic heterocycles. The van der Waals surface area contributed by atoms with Crippen molar-refractivity contribution in [3.63, 3.8) is 0 Å². The Labute approximate surface area is 150 Å². The van der Waals surface area contributed by atoms with Crippen molar-refractivity contribution in [2.75, 3.05) is 52.9 Å². The van der Waals surface area contributed by atoms with Crippen LogP contribution in [0.4, 0.5) is 0 Å². The van der Waals surface area contributed by atoms with E-state index in [1.807, 2.05) is 23.2 Å². The van der Waals surface area contributed by atoms with Gasteiger partial charge in [0.15, 0.2) is 0 Å². The molecule has 1 amide bonds. The molecule has 0 bridgehead atoms. The number of rotatable bonds is 5. The number of carbonyl (C=O) groups excluding carboxylic acids is 1. The molecular formula is C19H30N4O2. The van der Waals surface area contributed by atoms with Gasteiger partial charge in [0.05, 0.1) is 6.61 Å². The Bertz CT molecular complexity index is 568. The smallest absolute Gasteiger partial charge is 0.222 e. The number of piperazine rings is 1. The molecule has 2 aliphatic rings. The van der Waals surface area contributed by atoms with Gasteiger partial charge < -0.3 is 10.0 Å². The van der Waals surface area contributed by atoms with E-state index in [4.69, 9.17) is 0 Å². The largest absolute Gasteiger partial charge is 0.395 e. The topological polar surface area (TPSA) is 59.9 Å². The standard InChI is InChI=1S/C19H30N4O2/c1-21-12-13-22(10-6-17-4-2-3-9-20-17)16-19(21)7-5-18(25)23(11-8-19)14-15-24/h2-4,9,24H,5-8,10-16H2,1H3. The van der Waals surface area contributed by atoms with Gasteiger partial charge in [-0.1, -0.05) is 6.07 Å². The Hall–Kier alpha value is -1.50. The van der Waals surface area contributed by atoms with Crippen LogP contribution >= 0.6 is 0 Å². The minimum absolute atomic E-state index is 0.0464. The molecule has 25 heavy (non-hydrogen) atoms. The van der Waals surface area contributed by atoms with Crippen LogP contribution in [0.25, 0.3) is 0 Å². The van der Waals surface area contributed by atoms with E-state index in [2.05, 4.69) is 27.9 Å². The molecular weight excluding hydrogens is 316 g/mol. The van der Waals surface area contributed by atoms with Gasteiger partial charge in [0.2, 0.25) is 5.91 Å². The minimum atomic E-state index is 0.0464. The summed E-state index contributed by atoms with van der Waals surface area (Å²) in [4.78, 5) is 23.5. The van der Waals surface area contributed by atoms with Crippen LogP contribution in [0.2, 0.25) is 0 Å². The fraction of sp³-hybridized carbons (Fsp3) is 0.684. The Kier molecular flexibility index (Phi) is 6.04. The second-order valence-corrected chi connectivity index (χ2v) is 7.35. The van der Waals surface area contributed by atoms with Gasteiger partial charge in [-0.3, -0.25) is 19.6 Å². The monoisotopic (exact) mass is 346 g/mol. The lowest BCUT2D eigenvalue weighted by Gasteiger charge is -2.49. The fourth-order valence-electron chi connectivity index (χ4n) is 4.14. The highest BCUT2D eigenvalue weighted by Crippen LogP contribution is 2.32. The van der Waals surface area contributed by atoms with Gasteiger partial charge in [-0.05, 0) is 32.0 Å². The van der Waals surface area contributed by atoms with Crippen LogP contribution < -0.4 is 0 Å². The van der Waals surface area contributed by atoms with Crippen molar-refractivity contribution in [3.8, 4) is 0 Å². The summed E-state index contributed by atoms with van der Waals surface area (Å²) in [5.74, 6) is 0.185. The van der Waals surface area contributed by atoms with E-state index in [1.165, 1.54) is 0 Å². The average molecular weight is 346 g/mol. The first-order valence-corrected chi connectivity index (χ1v) is 9.35. The zero-order valence-electron chi connectivity index (χ0n) is 15.2. The number of β-amino-alcohol motifs (C(OH)–C–C–N with tert-alkyl or cyclic N) is 1. The van der Waals surface area contributed by atoms with Crippen LogP contribution in [0.3, 0.4) is 0 Å². The molecule has 2 aliphatic heterocycles. The first-order valence-electron chi connectivity index (χ1n) is 9.35. The molecule has 0 radical (unpaired) electrons. The number of likely N-dealkylation sites (tertiary alicyclic amines) is 1. The van der Waals surface area contributed by atoms with Crippen LogP contribution in [0.15, 0.2) is 24.4 Å². The van der Waals surface area contributed by atoms with Gasteiger partial charge in [0, 0.05) is 69.5 Å². The van der Waals surface area contributed by atoms with Crippen molar-refractivity contribution in [2.45, 2.75) is 31.2 Å². The van der Waals surface area contributed by atoms with Gasteiger partial charge in [-0.25, -0.2) is 0 Å². The molecule has 2 fully saturated rings. The minimum Gasteiger partial charge on any atom is -0.395 e. The zero-order valence-corrected chi connectivity index (χ0v) is 15.2. The molecule has 3 heterocycles. The van der Waals surface area contributed by atoms with E-state index < -0.39 is 0 Å². The van der Waals surface area contributed by atoms with E-state index in [1.54, 1.807) is 0 Å². The summed E-state index contributed by atoms with van der Waals surface area (Å²) in [5, 5.41) is 9.18. The second-order valence-electron chi connectivity index (χ2n) is 7.35. The predicted molar refractivity (Wildman–Crippen MR) is 97.3 cm³/mol. The predicted octanol–water partition coefficient (Wildman–Crippen LogP) is 0.615. The van der Waals surface area contributed by atoms with Gasteiger partial charge in [0.25, 0.3) is 0 Å². The van der Waals surface area contributed by atoms with Crippen LogP contribution in [0.1, 0.15) is 25.0 Å². The Morgan fingerprint density at radius 3 is 2.84 bits per heavy atom. The van der Waals surface area contributed by atoms with E-state index in [0.29, 0.717) is 13.0 Å². The van der Waals surface area contributed by atoms with Crippen LogP contribution in [-0.4, -0.2) is 89.2 Å². The lowest BCUT2D eigenvalue weighted by molar-refractivity contribution is -0.131. The van der Waals surface area contributed by atoms with Gasteiger partial charge in [-0.15, -0.1) is 0 Å². The molecule has 3 rings (SSSR count). The third-order valence-corrected chi connectivity index (χ3v) is 5.86. The summed E-state index contributed by atoms with van der Waals surface area (Å²) in [6.45, 7) is 5.39. The maximum absolute atomic E-state index is 12.3. The van der Waals surface area contributed by atoms with Crippen molar-refractivity contribution < 1.29 is 9.90 Å². The molecule has 1 N–H and O–H groups in total. The normalized spacial score (nSPS) is 26.2. The number of aliphatic hydroxyl groups excluding tert-OH is 1. The Balaban J connectivity index is 1.62. The second kappa shape index (κ2) is 8.25. The first kappa shape index (κ1) is 18.3. The molecule has 1 atom stereocenters. The molecule has 1 spiro atoms. The molecule has 6 heteroatoms. The van der Waals surface area contributed by atoms with E-state index in [0.717, 1.165) is 57.7 Å². The number of hydrogen-bond donors (Lipinski definition) is 1. The summed E-state index contributed by atoms with van der Waals surface area (Å²) >= 11 is 0. The number of pyridine rings is 1. The molecule has 1 unspecified atom stereocenters. The molecule has 0 saturated carbocycles. The fourth-order valence-corrected chi connectivity index (χ4v) is 4.14. The number of hydrogen-bond acceptors (Lipinski definition) is 5. The molecule has 138 valence electrons. The molecule has 1 aromatic rings. The van der Waals surface area contributed by atoms with Gasteiger partial charge in [-0.2, -0.15) is 0 Å². The number of aromatic nitrogens is 1. The summed E-state index contributed by atoms with van der Waals surface area (Å²) in [6, 6.07) is 6.08. The lowest BCUT2D eigenvalue weighted by atomic mass is 9.86. The molecule has 0 aliphatic carbocycles. The van der Waals surface area contributed by atoms with Crippen molar-refractivity contribution in [3.05, 3.63) is 30.1 Å². The number of likely N-dealkylation sites (N-methyl/N-ethyl adjacent to an activating group) is 1.